The van der Waals surface area contributed by atoms with Crippen molar-refractivity contribution in [3.8, 4) is 0 Å². The highest BCUT2D eigenvalue weighted by Gasteiger charge is 2.19. The molecule has 3 rings (SSSR count). The summed E-state index contributed by atoms with van der Waals surface area (Å²) in [6, 6.07) is 5.87. The molecule has 3 heteroatoms. The molecular weight excluding hydrogens is 222 g/mol. The molecule has 0 aliphatic heterocycles. The van der Waals surface area contributed by atoms with Gasteiger partial charge >= 0.3 is 0 Å². The third kappa shape index (κ3) is 2.35. The first kappa shape index (κ1) is 11.6. The third-order valence-electron chi connectivity index (χ3n) is 4.17. The number of hydrogen-bond acceptors (Lipinski definition) is 2. The Hall–Kier alpha value is -1.51. The number of H-pyrrole nitrogens is 1. The number of nitrogens with one attached hydrogen (secondary N) is 1. The lowest BCUT2D eigenvalue weighted by Gasteiger charge is -2.25. The Kier molecular flexibility index (Phi) is 2.98. The molecule has 2 aromatic rings. The molecule has 18 heavy (non-hydrogen) atoms. The van der Waals surface area contributed by atoms with Crippen molar-refractivity contribution in [3.05, 3.63) is 24.0 Å². The van der Waals surface area contributed by atoms with E-state index in [2.05, 4.69) is 16.9 Å². The second-order valence-electron chi connectivity index (χ2n) is 5.79. The van der Waals surface area contributed by atoms with Gasteiger partial charge in [0.15, 0.2) is 0 Å². The van der Waals surface area contributed by atoms with Crippen molar-refractivity contribution < 1.29 is 0 Å². The fraction of sp³-hybridized carbons (Fsp3) is 0.533. The van der Waals surface area contributed by atoms with E-state index in [1.807, 2.05) is 18.2 Å². The number of aromatic amines is 1. The maximum atomic E-state index is 5.78. The predicted octanol–water partition coefficient (Wildman–Crippen LogP) is 3.51. The van der Waals surface area contributed by atoms with Gasteiger partial charge in [-0.05, 0) is 42.9 Å². The number of anilines is 1. The van der Waals surface area contributed by atoms with Gasteiger partial charge in [-0.15, -0.1) is 0 Å². The molecule has 1 aromatic heterocycles. The zero-order valence-electron chi connectivity index (χ0n) is 10.9. The minimum absolute atomic E-state index is 0.796. The lowest BCUT2D eigenvalue weighted by Crippen LogP contribution is -2.14. The minimum Gasteiger partial charge on any atom is -0.399 e. The molecule has 0 spiro atoms. The zero-order valence-corrected chi connectivity index (χ0v) is 10.9. The molecule has 0 radical (unpaired) electrons. The molecule has 0 atom stereocenters. The SMILES string of the molecule is CC1CCC(Cc2nc3ccc(N)cc3[nH]2)CC1. The minimum atomic E-state index is 0.796. The van der Waals surface area contributed by atoms with Gasteiger partial charge in [0.05, 0.1) is 11.0 Å². The topological polar surface area (TPSA) is 54.7 Å². The molecule has 3 nitrogen and oxygen atoms in total. The van der Waals surface area contributed by atoms with Crippen molar-refractivity contribution in [2.75, 3.05) is 5.73 Å². The second kappa shape index (κ2) is 4.63. The molecular formula is C15H21N3. The summed E-state index contributed by atoms with van der Waals surface area (Å²) in [5, 5.41) is 0. The number of fused-ring (bicyclic) bond motifs is 1. The van der Waals surface area contributed by atoms with Crippen molar-refractivity contribution in [3.63, 3.8) is 0 Å². The zero-order chi connectivity index (χ0) is 12.5. The molecule has 1 aliphatic carbocycles. The van der Waals surface area contributed by atoms with Gasteiger partial charge in [0.25, 0.3) is 0 Å². The number of nitrogen functional groups attached to an aromatic ring is 1. The van der Waals surface area contributed by atoms with Crippen LogP contribution in [0.1, 0.15) is 38.4 Å². The van der Waals surface area contributed by atoms with Crippen LogP contribution in [0.4, 0.5) is 5.69 Å². The van der Waals surface area contributed by atoms with Crippen LogP contribution in [-0.4, -0.2) is 9.97 Å². The summed E-state index contributed by atoms with van der Waals surface area (Å²) in [5.41, 5.74) is 8.68. The van der Waals surface area contributed by atoms with Crippen LogP contribution >= 0.6 is 0 Å². The number of rotatable bonds is 2. The van der Waals surface area contributed by atoms with Crippen LogP contribution < -0.4 is 5.73 Å². The Labute approximate surface area is 108 Å². The summed E-state index contributed by atoms with van der Waals surface area (Å²) >= 11 is 0. The molecule has 1 saturated carbocycles. The molecule has 0 bridgehead atoms. The summed E-state index contributed by atoms with van der Waals surface area (Å²) < 4.78 is 0. The Bertz CT molecular complexity index is 536. The standard InChI is InChI=1S/C15H21N3/c1-10-2-4-11(5-3-10)8-15-17-13-7-6-12(16)9-14(13)18-15/h6-7,9-11H,2-5,8,16H2,1H3,(H,17,18). The van der Waals surface area contributed by atoms with Crippen molar-refractivity contribution in [2.24, 2.45) is 11.8 Å². The van der Waals surface area contributed by atoms with Gasteiger partial charge < -0.3 is 10.7 Å². The number of hydrogen-bond donors (Lipinski definition) is 2. The molecule has 1 fully saturated rings. The highest BCUT2D eigenvalue weighted by molar-refractivity contribution is 5.78. The van der Waals surface area contributed by atoms with Crippen LogP contribution in [0.5, 0.6) is 0 Å². The number of benzene rings is 1. The van der Waals surface area contributed by atoms with Gasteiger partial charge in [-0.3, -0.25) is 0 Å². The fourth-order valence-electron chi connectivity index (χ4n) is 2.98. The quantitative estimate of drug-likeness (QED) is 0.793. The van der Waals surface area contributed by atoms with E-state index in [1.54, 1.807) is 0 Å². The Morgan fingerprint density at radius 1 is 1.28 bits per heavy atom. The van der Waals surface area contributed by atoms with Crippen molar-refractivity contribution in [2.45, 2.75) is 39.0 Å². The second-order valence-corrected chi connectivity index (χ2v) is 5.79. The van der Waals surface area contributed by atoms with Crippen LogP contribution in [-0.2, 0) is 6.42 Å². The number of imidazole rings is 1. The maximum Gasteiger partial charge on any atom is 0.107 e. The predicted molar refractivity (Wildman–Crippen MR) is 75.3 cm³/mol. The average Bonchev–Trinajstić information content (AvgIpc) is 2.73. The highest BCUT2D eigenvalue weighted by Crippen LogP contribution is 2.30. The highest BCUT2D eigenvalue weighted by atomic mass is 14.9. The van der Waals surface area contributed by atoms with Gasteiger partial charge in [0, 0.05) is 12.1 Å². The van der Waals surface area contributed by atoms with Crippen molar-refractivity contribution >= 4 is 16.7 Å². The third-order valence-corrected chi connectivity index (χ3v) is 4.17. The fourth-order valence-corrected chi connectivity index (χ4v) is 2.98. The van der Waals surface area contributed by atoms with E-state index in [1.165, 1.54) is 25.7 Å². The van der Waals surface area contributed by atoms with Crippen LogP contribution in [0.3, 0.4) is 0 Å². The molecule has 3 N–H and O–H groups in total. The van der Waals surface area contributed by atoms with Crippen molar-refractivity contribution in [1.82, 2.24) is 9.97 Å². The first-order valence-corrected chi connectivity index (χ1v) is 6.95. The number of nitrogens with two attached hydrogens (primary N) is 1. The monoisotopic (exact) mass is 243 g/mol. The molecule has 0 unspecified atom stereocenters. The van der Waals surface area contributed by atoms with E-state index < -0.39 is 0 Å². The summed E-state index contributed by atoms with van der Waals surface area (Å²) in [6.07, 6.45) is 6.53. The molecule has 96 valence electrons. The van der Waals surface area contributed by atoms with Crippen LogP contribution in [0, 0.1) is 11.8 Å². The maximum absolute atomic E-state index is 5.78. The molecule has 1 heterocycles. The Morgan fingerprint density at radius 3 is 2.83 bits per heavy atom. The lowest BCUT2D eigenvalue weighted by molar-refractivity contribution is 0.286. The summed E-state index contributed by atoms with van der Waals surface area (Å²) in [7, 11) is 0. The molecule has 0 amide bonds. The van der Waals surface area contributed by atoms with Crippen LogP contribution in [0.15, 0.2) is 18.2 Å². The van der Waals surface area contributed by atoms with E-state index in [4.69, 9.17) is 5.73 Å². The lowest BCUT2D eigenvalue weighted by atomic mass is 9.81. The average molecular weight is 243 g/mol. The Balaban J connectivity index is 1.74. The van der Waals surface area contributed by atoms with Gasteiger partial charge in [-0.25, -0.2) is 4.98 Å². The van der Waals surface area contributed by atoms with Gasteiger partial charge in [0.1, 0.15) is 5.82 Å². The van der Waals surface area contributed by atoms with Crippen LogP contribution in [0.2, 0.25) is 0 Å². The number of aromatic nitrogens is 2. The van der Waals surface area contributed by atoms with Crippen molar-refractivity contribution in [1.29, 1.82) is 0 Å². The summed E-state index contributed by atoms with van der Waals surface area (Å²) in [5.74, 6) is 2.84. The van der Waals surface area contributed by atoms with E-state index in [9.17, 15) is 0 Å². The normalized spacial score (nSPS) is 24.5. The van der Waals surface area contributed by atoms with E-state index >= 15 is 0 Å². The van der Waals surface area contributed by atoms with E-state index in [0.29, 0.717) is 0 Å². The summed E-state index contributed by atoms with van der Waals surface area (Å²) in [4.78, 5) is 8.06. The van der Waals surface area contributed by atoms with Gasteiger partial charge in [-0.2, -0.15) is 0 Å². The number of nitrogens with zero attached hydrogens (tertiary/aromatic N) is 1. The first-order valence-electron chi connectivity index (χ1n) is 6.95. The molecule has 1 aliphatic rings. The van der Waals surface area contributed by atoms with Crippen LogP contribution in [0.25, 0.3) is 11.0 Å². The summed E-state index contributed by atoms with van der Waals surface area (Å²) in [6.45, 7) is 2.36. The smallest absolute Gasteiger partial charge is 0.107 e. The molecule has 1 aromatic carbocycles. The van der Waals surface area contributed by atoms with Gasteiger partial charge in [0.2, 0.25) is 0 Å². The molecule has 0 saturated heterocycles. The first-order chi connectivity index (χ1) is 8.70. The van der Waals surface area contributed by atoms with E-state index in [-0.39, 0.29) is 0 Å². The van der Waals surface area contributed by atoms with Gasteiger partial charge in [-0.1, -0.05) is 19.8 Å². The van der Waals surface area contributed by atoms with E-state index in [0.717, 1.165) is 40.8 Å². The Morgan fingerprint density at radius 2 is 2.06 bits per heavy atom. The largest absolute Gasteiger partial charge is 0.399 e.